The topological polar surface area (TPSA) is 63.6 Å². The molecule has 0 heterocycles. The van der Waals surface area contributed by atoms with E-state index in [1.54, 1.807) is 19.9 Å². The van der Waals surface area contributed by atoms with Crippen molar-refractivity contribution in [2.45, 2.75) is 18.7 Å². The van der Waals surface area contributed by atoms with Gasteiger partial charge in [-0.2, -0.15) is 0 Å². The highest BCUT2D eigenvalue weighted by Crippen LogP contribution is 2.21. The van der Waals surface area contributed by atoms with Crippen molar-refractivity contribution >= 4 is 27.7 Å². The van der Waals surface area contributed by atoms with Gasteiger partial charge >= 0.3 is 5.97 Å². The van der Waals surface area contributed by atoms with Crippen LogP contribution in [0.5, 0.6) is 5.75 Å². The molecular weight excluding hydrogens is 288 g/mol. The van der Waals surface area contributed by atoms with E-state index in [-0.39, 0.29) is 16.9 Å². The summed E-state index contributed by atoms with van der Waals surface area (Å²) in [5.74, 6) is -0.947. The number of Topliss-reactive ketones (excluding diaryl/α,β-unsaturated/α-hetero) is 1. The molecule has 0 aliphatic carbocycles. The molecule has 4 nitrogen and oxygen atoms in total. The highest BCUT2D eigenvalue weighted by molar-refractivity contribution is 9.10. The lowest BCUT2D eigenvalue weighted by atomic mass is 10.0. The maximum atomic E-state index is 11.8. The van der Waals surface area contributed by atoms with Crippen LogP contribution in [-0.2, 0) is 0 Å². The van der Waals surface area contributed by atoms with Crippen LogP contribution in [0.25, 0.3) is 0 Å². The summed E-state index contributed by atoms with van der Waals surface area (Å²) in [5, 5.41) is 9.07. The molecule has 1 atom stereocenters. The third kappa shape index (κ3) is 3.30. The SMILES string of the molecule is CCOc1ccc(C(=O)C(C)Br)c(C(=O)O)c1. The number of benzene rings is 1. The van der Waals surface area contributed by atoms with Crippen molar-refractivity contribution in [3.05, 3.63) is 29.3 Å². The summed E-state index contributed by atoms with van der Waals surface area (Å²) in [6, 6.07) is 4.45. The lowest BCUT2D eigenvalue weighted by Gasteiger charge is -2.09. The van der Waals surface area contributed by atoms with Gasteiger partial charge < -0.3 is 9.84 Å². The van der Waals surface area contributed by atoms with Crippen molar-refractivity contribution in [1.82, 2.24) is 0 Å². The van der Waals surface area contributed by atoms with Gasteiger partial charge in [0.2, 0.25) is 0 Å². The standard InChI is InChI=1S/C12H13BrO4/c1-3-17-8-4-5-9(11(14)7(2)13)10(6-8)12(15)16/h4-7H,3H2,1-2H3,(H,15,16). The van der Waals surface area contributed by atoms with Crippen LogP contribution in [0, 0.1) is 0 Å². The largest absolute Gasteiger partial charge is 0.494 e. The highest BCUT2D eigenvalue weighted by Gasteiger charge is 2.20. The highest BCUT2D eigenvalue weighted by atomic mass is 79.9. The molecule has 1 unspecified atom stereocenters. The van der Waals surface area contributed by atoms with Gasteiger partial charge in [0.1, 0.15) is 5.75 Å². The molecule has 5 heteroatoms. The zero-order chi connectivity index (χ0) is 13.0. The number of halogens is 1. The first-order valence-electron chi connectivity index (χ1n) is 5.15. The summed E-state index contributed by atoms with van der Waals surface area (Å²) >= 11 is 3.14. The summed E-state index contributed by atoms with van der Waals surface area (Å²) in [6.07, 6.45) is 0. The van der Waals surface area contributed by atoms with E-state index >= 15 is 0 Å². The summed E-state index contributed by atoms with van der Waals surface area (Å²) in [4.78, 5) is 22.5. The summed E-state index contributed by atoms with van der Waals surface area (Å²) < 4.78 is 5.21. The second-order valence-corrected chi connectivity index (χ2v) is 4.80. The summed E-state index contributed by atoms with van der Waals surface area (Å²) in [5.41, 5.74) is 0.151. The number of hydrogen-bond donors (Lipinski definition) is 1. The molecule has 0 aromatic heterocycles. The van der Waals surface area contributed by atoms with Crippen LogP contribution in [0.1, 0.15) is 34.6 Å². The van der Waals surface area contributed by atoms with E-state index in [1.807, 2.05) is 0 Å². The third-order valence-electron chi connectivity index (χ3n) is 2.16. The van der Waals surface area contributed by atoms with E-state index < -0.39 is 10.8 Å². The van der Waals surface area contributed by atoms with Gasteiger partial charge in [0.25, 0.3) is 0 Å². The van der Waals surface area contributed by atoms with Crippen LogP contribution in [0.2, 0.25) is 0 Å². The van der Waals surface area contributed by atoms with E-state index in [0.29, 0.717) is 12.4 Å². The molecule has 1 aromatic rings. The maximum Gasteiger partial charge on any atom is 0.336 e. The smallest absolute Gasteiger partial charge is 0.336 e. The maximum absolute atomic E-state index is 11.8. The summed E-state index contributed by atoms with van der Waals surface area (Å²) in [6.45, 7) is 3.91. The predicted octanol–water partition coefficient (Wildman–Crippen LogP) is 2.75. The summed E-state index contributed by atoms with van der Waals surface area (Å²) in [7, 11) is 0. The Kier molecular flexibility index (Phi) is 4.69. The van der Waals surface area contributed by atoms with E-state index in [4.69, 9.17) is 9.84 Å². The molecule has 1 aromatic carbocycles. The molecule has 92 valence electrons. The Morgan fingerprint density at radius 2 is 2.06 bits per heavy atom. The molecule has 0 saturated carbocycles. The molecule has 17 heavy (non-hydrogen) atoms. The average Bonchev–Trinajstić information content (AvgIpc) is 2.28. The zero-order valence-electron chi connectivity index (χ0n) is 9.57. The minimum Gasteiger partial charge on any atom is -0.494 e. The molecular formula is C12H13BrO4. The first kappa shape index (κ1) is 13.7. The van der Waals surface area contributed by atoms with Crippen LogP contribution in [0.3, 0.4) is 0 Å². The normalized spacial score (nSPS) is 11.9. The van der Waals surface area contributed by atoms with Crippen molar-refractivity contribution < 1.29 is 19.4 Å². The van der Waals surface area contributed by atoms with Crippen LogP contribution < -0.4 is 4.74 Å². The van der Waals surface area contributed by atoms with Gasteiger partial charge in [0.05, 0.1) is 17.0 Å². The van der Waals surface area contributed by atoms with Crippen molar-refractivity contribution in [2.24, 2.45) is 0 Å². The molecule has 0 radical (unpaired) electrons. The monoisotopic (exact) mass is 300 g/mol. The second kappa shape index (κ2) is 5.82. The predicted molar refractivity (Wildman–Crippen MR) is 67.3 cm³/mol. The quantitative estimate of drug-likeness (QED) is 0.671. The number of rotatable bonds is 5. The number of carbonyl (C=O) groups excluding carboxylic acids is 1. The van der Waals surface area contributed by atoms with Gasteiger partial charge in [0.15, 0.2) is 5.78 Å². The van der Waals surface area contributed by atoms with Crippen LogP contribution in [0.15, 0.2) is 18.2 Å². The first-order valence-corrected chi connectivity index (χ1v) is 6.07. The molecule has 0 spiro atoms. The van der Waals surface area contributed by atoms with Crippen molar-refractivity contribution in [3.8, 4) is 5.75 Å². The van der Waals surface area contributed by atoms with Gasteiger partial charge in [-0.25, -0.2) is 4.79 Å². The van der Waals surface area contributed by atoms with Gasteiger partial charge in [-0.3, -0.25) is 4.79 Å². The minimum absolute atomic E-state index is 0.0350. The molecule has 0 fully saturated rings. The van der Waals surface area contributed by atoms with Crippen molar-refractivity contribution in [1.29, 1.82) is 0 Å². The fraction of sp³-hybridized carbons (Fsp3) is 0.333. The van der Waals surface area contributed by atoms with E-state index in [1.165, 1.54) is 12.1 Å². The zero-order valence-corrected chi connectivity index (χ0v) is 11.2. The van der Waals surface area contributed by atoms with Gasteiger partial charge in [-0.05, 0) is 32.0 Å². The number of aromatic carboxylic acids is 1. The Morgan fingerprint density at radius 3 is 2.53 bits per heavy atom. The molecule has 1 rings (SSSR count). The second-order valence-electron chi connectivity index (χ2n) is 3.43. The molecule has 0 bridgehead atoms. The van der Waals surface area contributed by atoms with Gasteiger partial charge in [-0.1, -0.05) is 15.9 Å². The number of ether oxygens (including phenoxy) is 1. The van der Waals surface area contributed by atoms with Gasteiger partial charge in [-0.15, -0.1) is 0 Å². The number of ketones is 1. The molecule has 0 amide bonds. The first-order chi connectivity index (χ1) is 7.97. The molecule has 0 aliphatic rings. The molecule has 0 saturated heterocycles. The van der Waals surface area contributed by atoms with Crippen LogP contribution in [-0.4, -0.2) is 28.3 Å². The fourth-order valence-corrected chi connectivity index (χ4v) is 1.63. The lowest BCUT2D eigenvalue weighted by molar-refractivity contribution is 0.0691. The molecule has 1 N–H and O–H groups in total. The molecule has 0 aliphatic heterocycles. The number of alkyl halides is 1. The number of carboxylic acids is 1. The van der Waals surface area contributed by atoms with Crippen LogP contribution in [0.4, 0.5) is 0 Å². The van der Waals surface area contributed by atoms with Gasteiger partial charge in [0, 0.05) is 5.56 Å². The number of carboxylic acid groups (broad SMARTS) is 1. The van der Waals surface area contributed by atoms with Crippen molar-refractivity contribution in [2.75, 3.05) is 6.61 Å². The van der Waals surface area contributed by atoms with E-state index in [9.17, 15) is 9.59 Å². The Hall–Kier alpha value is -1.36. The lowest BCUT2D eigenvalue weighted by Crippen LogP contribution is -2.15. The minimum atomic E-state index is -1.14. The Morgan fingerprint density at radius 1 is 1.41 bits per heavy atom. The Labute approximate surface area is 108 Å². The van der Waals surface area contributed by atoms with E-state index in [2.05, 4.69) is 15.9 Å². The average molecular weight is 301 g/mol. The number of carbonyl (C=O) groups is 2. The Bertz CT molecular complexity index is 440. The number of hydrogen-bond acceptors (Lipinski definition) is 3. The Balaban J connectivity index is 3.22. The van der Waals surface area contributed by atoms with Crippen LogP contribution >= 0.6 is 15.9 Å². The fourth-order valence-electron chi connectivity index (χ4n) is 1.39. The van der Waals surface area contributed by atoms with Crippen molar-refractivity contribution in [3.63, 3.8) is 0 Å². The van der Waals surface area contributed by atoms with E-state index in [0.717, 1.165) is 0 Å². The third-order valence-corrected chi connectivity index (χ3v) is 2.58.